The van der Waals surface area contributed by atoms with E-state index < -0.39 is 12.1 Å². The molecule has 0 spiro atoms. The zero-order valence-corrected chi connectivity index (χ0v) is 6.87. The SMILES string of the molecule is O=C1C[C@H]2C(=O)NCCN2C(=O)N1. The number of piperazine rings is 1. The van der Waals surface area contributed by atoms with E-state index in [4.69, 9.17) is 0 Å². The van der Waals surface area contributed by atoms with Gasteiger partial charge in [0.1, 0.15) is 6.04 Å². The molecule has 2 rings (SSSR count). The average Bonchev–Trinajstić information content (AvgIpc) is 2.07. The minimum absolute atomic E-state index is 0.0670. The summed E-state index contributed by atoms with van der Waals surface area (Å²) in [5.41, 5.74) is 0. The number of amides is 4. The summed E-state index contributed by atoms with van der Waals surface area (Å²) in [6.45, 7) is 0.923. The Morgan fingerprint density at radius 2 is 2.08 bits per heavy atom. The molecule has 0 aromatic heterocycles. The molecule has 0 aliphatic carbocycles. The molecule has 0 unspecified atom stereocenters. The first-order chi connectivity index (χ1) is 6.18. The van der Waals surface area contributed by atoms with Crippen LogP contribution in [0.3, 0.4) is 0 Å². The Labute approximate surface area is 74.3 Å². The van der Waals surface area contributed by atoms with Crippen molar-refractivity contribution in [2.24, 2.45) is 0 Å². The first-order valence-electron chi connectivity index (χ1n) is 4.06. The highest BCUT2D eigenvalue weighted by atomic mass is 16.2. The predicted molar refractivity (Wildman–Crippen MR) is 41.7 cm³/mol. The fourth-order valence-electron chi connectivity index (χ4n) is 1.58. The summed E-state index contributed by atoms with van der Waals surface area (Å²) in [6.07, 6.45) is 0.0670. The lowest BCUT2D eigenvalue weighted by Gasteiger charge is -2.37. The second-order valence-electron chi connectivity index (χ2n) is 3.06. The highest BCUT2D eigenvalue weighted by molar-refractivity contribution is 6.02. The van der Waals surface area contributed by atoms with Gasteiger partial charge in [0, 0.05) is 13.1 Å². The summed E-state index contributed by atoms with van der Waals surface area (Å²) < 4.78 is 0. The lowest BCUT2D eigenvalue weighted by atomic mass is 10.1. The fraction of sp³-hybridized carbons (Fsp3) is 0.571. The molecule has 6 nitrogen and oxygen atoms in total. The number of rotatable bonds is 0. The molecule has 0 aromatic rings. The molecular weight excluding hydrogens is 174 g/mol. The zero-order chi connectivity index (χ0) is 9.42. The van der Waals surface area contributed by atoms with E-state index in [2.05, 4.69) is 10.6 Å². The maximum atomic E-state index is 11.2. The van der Waals surface area contributed by atoms with Crippen molar-refractivity contribution in [2.75, 3.05) is 13.1 Å². The second kappa shape index (κ2) is 2.72. The van der Waals surface area contributed by atoms with Crippen LogP contribution in [0.2, 0.25) is 0 Å². The van der Waals surface area contributed by atoms with Gasteiger partial charge in [0.25, 0.3) is 0 Å². The van der Waals surface area contributed by atoms with Gasteiger partial charge >= 0.3 is 6.03 Å². The van der Waals surface area contributed by atoms with E-state index in [1.165, 1.54) is 4.90 Å². The number of hydrogen-bond acceptors (Lipinski definition) is 3. The number of imide groups is 1. The van der Waals surface area contributed by atoms with Crippen LogP contribution in [0.1, 0.15) is 6.42 Å². The summed E-state index contributed by atoms with van der Waals surface area (Å²) in [5, 5.41) is 4.78. The number of carbonyl (C=O) groups is 3. The number of urea groups is 1. The molecule has 1 atom stereocenters. The van der Waals surface area contributed by atoms with E-state index in [1.54, 1.807) is 0 Å². The van der Waals surface area contributed by atoms with Crippen molar-refractivity contribution in [1.82, 2.24) is 15.5 Å². The lowest BCUT2D eigenvalue weighted by Crippen LogP contribution is -2.64. The number of nitrogens with one attached hydrogen (secondary N) is 2. The average molecular weight is 183 g/mol. The highest BCUT2D eigenvalue weighted by Gasteiger charge is 2.38. The molecule has 13 heavy (non-hydrogen) atoms. The molecule has 70 valence electrons. The van der Waals surface area contributed by atoms with Gasteiger partial charge in [-0.2, -0.15) is 0 Å². The Kier molecular flexibility index (Phi) is 1.68. The molecule has 0 bridgehead atoms. The van der Waals surface area contributed by atoms with Gasteiger partial charge in [-0.05, 0) is 0 Å². The van der Waals surface area contributed by atoms with E-state index in [0.717, 1.165) is 0 Å². The third-order valence-corrected chi connectivity index (χ3v) is 2.22. The normalized spacial score (nSPS) is 27.8. The van der Waals surface area contributed by atoms with Gasteiger partial charge in [0.05, 0.1) is 6.42 Å². The van der Waals surface area contributed by atoms with Crippen LogP contribution in [0.15, 0.2) is 0 Å². The molecule has 2 heterocycles. The van der Waals surface area contributed by atoms with Gasteiger partial charge in [0.2, 0.25) is 11.8 Å². The topological polar surface area (TPSA) is 78.5 Å². The Morgan fingerprint density at radius 1 is 1.31 bits per heavy atom. The number of hydrogen-bond donors (Lipinski definition) is 2. The molecule has 2 aliphatic rings. The van der Waals surface area contributed by atoms with Crippen molar-refractivity contribution >= 4 is 17.8 Å². The monoisotopic (exact) mass is 183 g/mol. The third kappa shape index (κ3) is 1.24. The minimum Gasteiger partial charge on any atom is -0.353 e. The maximum Gasteiger partial charge on any atom is 0.324 e. The molecule has 6 heteroatoms. The van der Waals surface area contributed by atoms with Gasteiger partial charge in [0.15, 0.2) is 0 Å². The summed E-state index contributed by atoms with van der Waals surface area (Å²) >= 11 is 0. The van der Waals surface area contributed by atoms with Crippen molar-refractivity contribution < 1.29 is 14.4 Å². The molecule has 2 saturated heterocycles. The Balaban J connectivity index is 2.22. The van der Waals surface area contributed by atoms with Crippen LogP contribution >= 0.6 is 0 Å². The molecular formula is C7H9N3O3. The Hall–Kier alpha value is -1.59. The number of fused-ring (bicyclic) bond motifs is 1. The van der Waals surface area contributed by atoms with E-state index in [1.807, 2.05) is 0 Å². The third-order valence-electron chi connectivity index (χ3n) is 2.22. The van der Waals surface area contributed by atoms with Gasteiger partial charge in [-0.3, -0.25) is 14.9 Å². The van der Waals surface area contributed by atoms with E-state index in [9.17, 15) is 14.4 Å². The standard InChI is InChI=1S/C7H9N3O3/c11-5-3-4-6(12)8-1-2-10(4)7(13)9-5/h4H,1-3H2,(H,8,12)(H,9,11,13)/t4-/m0/s1. The number of nitrogens with zero attached hydrogens (tertiary/aromatic N) is 1. The molecule has 2 aliphatic heterocycles. The Bertz CT molecular complexity index is 289. The molecule has 4 amide bonds. The van der Waals surface area contributed by atoms with Crippen molar-refractivity contribution in [2.45, 2.75) is 12.5 Å². The molecule has 2 fully saturated rings. The van der Waals surface area contributed by atoms with Gasteiger partial charge in [-0.25, -0.2) is 4.79 Å². The fourth-order valence-corrected chi connectivity index (χ4v) is 1.58. The van der Waals surface area contributed by atoms with Crippen LogP contribution in [-0.2, 0) is 9.59 Å². The van der Waals surface area contributed by atoms with E-state index in [0.29, 0.717) is 13.1 Å². The largest absolute Gasteiger partial charge is 0.353 e. The van der Waals surface area contributed by atoms with E-state index in [-0.39, 0.29) is 18.2 Å². The maximum absolute atomic E-state index is 11.2. The van der Waals surface area contributed by atoms with Crippen molar-refractivity contribution in [3.05, 3.63) is 0 Å². The van der Waals surface area contributed by atoms with Crippen LogP contribution < -0.4 is 10.6 Å². The summed E-state index contributed by atoms with van der Waals surface area (Å²) in [6, 6.07) is -1.06. The predicted octanol–water partition coefficient (Wildman–Crippen LogP) is -1.57. The van der Waals surface area contributed by atoms with Crippen LogP contribution in [0.4, 0.5) is 4.79 Å². The van der Waals surface area contributed by atoms with Crippen LogP contribution in [0, 0.1) is 0 Å². The quantitative estimate of drug-likeness (QED) is 0.476. The summed E-state index contributed by atoms with van der Waals surface area (Å²) in [4.78, 5) is 34.8. The molecule has 2 N–H and O–H groups in total. The smallest absolute Gasteiger partial charge is 0.324 e. The lowest BCUT2D eigenvalue weighted by molar-refractivity contribution is -0.134. The van der Waals surface area contributed by atoms with Crippen LogP contribution in [-0.4, -0.2) is 41.9 Å². The van der Waals surface area contributed by atoms with Crippen molar-refractivity contribution in [1.29, 1.82) is 0 Å². The first kappa shape index (κ1) is 8.03. The minimum atomic E-state index is -0.602. The van der Waals surface area contributed by atoms with Gasteiger partial charge < -0.3 is 10.2 Å². The zero-order valence-electron chi connectivity index (χ0n) is 6.87. The van der Waals surface area contributed by atoms with Gasteiger partial charge in [-0.15, -0.1) is 0 Å². The molecule has 0 aromatic carbocycles. The van der Waals surface area contributed by atoms with Crippen molar-refractivity contribution in [3.8, 4) is 0 Å². The summed E-state index contributed by atoms with van der Waals surface area (Å²) in [5.74, 6) is -0.627. The highest BCUT2D eigenvalue weighted by Crippen LogP contribution is 2.12. The summed E-state index contributed by atoms with van der Waals surface area (Å²) in [7, 11) is 0. The molecule has 0 radical (unpaired) electrons. The number of carbonyl (C=O) groups excluding carboxylic acids is 3. The van der Waals surface area contributed by atoms with Crippen molar-refractivity contribution in [3.63, 3.8) is 0 Å². The van der Waals surface area contributed by atoms with E-state index >= 15 is 0 Å². The van der Waals surface area contributed by atoms with Crippen LogP contribution in [0.5, 0.6) is 0 Å². The first-order valence-corrected chi connectivity index (χ1v) is 4.06. The van der Waals surface area contributed by atoms with Crippen LogP contribution in [0.25, 0.3) is 0 Å². The Morgan fingerprint density at radius 3 is 2.85 bits per heavy atom. The second-order valence-corrected chi connectivity index (χ2v) is 3.06. The van der Waals surface area contributed by atoms with Gasteiger partial charge in [-0.1, -0.05) is 0 Å². The molecule has 0 saturated carbocycles.